The van der Waals surface area contributed by atoms with Gasteiger partial charge in [-0.15, -0.1) is 0 Å². The SMILES string of the molecule is CC[C@H](C)NC(=O)[C@@H]1CCCN(c2cnc3nccnc3c2)C1. The first-order valence-electron chi connectivity index (χ1n) is 8.29. The third-order valence-corrected chi connectivity index (χ3v) is 4.47. The highest BCUT2D eigenvalue weighted by Gasteiger charge is 2.26. The Hall–Kier alpha value is -2.24. The number of aromatic nitrogens is 3. The fourth-order valence-corrected chi connectivity index (χ4v) is 2.91. The topological polar surface area (TPSA) is 71.0 Å². The molecule has 1 aliphatic rings. The zero-order valence-electron chi connectivity index (χ0n) is 13.7. The van der Waals surface area contributed by atoms with Crippen LogP contribution in [0.25, 0.3) is 11.2 Å². The van der Waals surface area contributed by atoms with Crippen molar-refractivity contribution in [2.24, 2.45) is 5.92 Å². The van der Waals surface area contributed by atoms with Crippen LogP contribution in [-0.4, -0.2) is 40.0 Å². The summed E-state index contributed by atoms with van der Waals surface area (Å²) < 4.78 is 0. The molecule has 3 heterocycles. The Balaban J connectivity index is 1.73. The summed E-state index contributed by atoms with van der Waals surface area (Å²) in [6, 6.07) is 2.24. The number of nitrogens with one attached hydrogen (secondary N) is 1. The number of pyridine rings is 1. The van der Waals surface area contributed by atoms with E-state index in [0.29, 0.717) is 5.65 Å². The lowest BCUT2D eigenvalue weighted by Gasteiger charge is -2.34. The molecule has 0 bridgehead atoms. The molecule has 23 heavy (non-hydrogen) atoms. The monoisotopic (exact) mass is 313 g/mol. The molecule has 2 atom stereocenters. The Kier molecular flexibility index (Phi) is 4.69. The third kappa shape index (κ3) is 3.57. The van der Waals surface area contributed by atoms with Crippen LogP contribution in [0.4, 0.5) is 5.69 Å². The van der Waals surface area contributed by atoms with Crippen LogP contribution in [-0.2, 0) is 4.79 Å². The van der Waals surface area contributed by atoms with Gasteiger partial charge in [-0.2, -0.15) is 0 Å². The standard InChI is InChI=1S/C17H23N5O/c1-3-12(2)21-17(23)13-5-4-8-22(11-13)14-9-15-16(20-10-14)19-7-6-18-15/h6-7,9-10,12-13H,3-5,8,11H2,1-2H3,(H,21,23)/t12-,13+/m0/s1. The van der Waals surface area contributed by atoms with E-state index in [0.717, 1.165) is 43.6 Å². The summed E-state index contributed by atoms with van der Waals surface area (Å²) in [5, 5.41) is 3.10. The van der Waals surface area contributed by atoms with E-state index in [1.165, 1.54) is 0 Å². The molecule has 122 valence electrons. The maximum Gasteiger partial charge on any atom is 0.225 e. The zero-order chi connectivity index (χ0) is 16.2. The Morgan fingerprint density at radius 1 is 1.39 bits per heavy atom. The van der Waals surface area contributed by atoms with Crippen molar-refractivity contribution in [3.05, 3.63) is 24.7 Å². The van der Waals surface area contributed by atoms with Crippen LogP contribution in [0.1, 0.15) is 33.1 Å². The van der Waals surface area contributed by atoms with Crippen molar-refractivity contribution in [2.45, 2.75) is 39.2 Å². The summed E-state index contributed by atoms with van der Waals surface area (Å²) in [4.78, 5) is 27.5. The molecule has 0 spiro atoms. The van der Waals surface area contributed by atoms with E-state index >= 15 is 0 Å². The second-order valence-electron chi connectivity index (χ2n) is 6.20. The molecular formula is C17H23N5O. The minimum Gasteiger partial charge on any atom is -0.369 e. The number of piperidine rings is 1. The first kappa shape index (κ1) is 15.6. The highest BCUT2D eigenvalue weighted by atomic mass is 16.2. The largest absolute Gasteiger partial charge is 0.369 e. The number of carbonyl (C=O) groups is 1. The highest BCUT2D eigenvalue weighted by molar-refractivity contribution is 5.80. The van der Waals surface area contributed by atoms with E-state index < -0.39 is 0 Å². The molecule has 1 N–H and O–H groups in total. The van der Waals surface area contributed by atoms with Crippen molar-refractivity contribution in [1.82, 2.24) is 20.3 Å². The number of hydrogen-bond donors (Lipinski definition) is 1. The number of carbonyl (C=O) groups excluding carboxylic acids is 1. The first-order valence-corrected chi connectivity index (χ1v) is 8.29. The van der Waals surface area contributed by atoms with Crippen molar-refractivity contribution >= 4 is 22.8 Å². The van der Waals surface area contributed by atoms with Crippen LogP contribution in [0.2, 0.25) is 0 Å². The van der Waals surface area contributed by atoms with E-state index in [2.05, 4.69) is 32.1 Å². The van der Waals surface area contributed by atoms with Gasteiger partial charge in [-0.05, 0) is 32.3 Å². The molecule has 6 nitrogen and oxygen atoms in total. The summed E-state index contributed by atoms with van der Waals surface area (Å²) >= 11 is 0. The van der Waals surface area contributed by atoms with Gasteiger partial charge >= 0.3 is 0 Å². The Labute approximate surface area is 136 Å². The zero-order valence-corrected chi connectivity index (χ0v) is 13.7. The summed E-state index contributed by atoms with van der Waals surface area (Å²) in [7, 11) is 0. The average Bonchev–Trinajstić information content (AvgIpc) is 2.61. The Bertz CT molecular complexity index is 689. The predicted octanol–water partition coefficient (Wildman–Crippen LogP) is 2.16. The van der Waals surface area contributed by atoms with Crippen molar-refractivity contribution in [2.75, 3.05) is 18.0 Å². The van der Waals surface area contributed by atoms with Crippen LogP contribution < -0.4 is 10.2 Å². The van der Waals surface area contributed by atoms with E-state index in [4.69, 9.17) is 0 Å². The van der Waals surface area contributed by atoms with Gasteiger partial charge in [0.05, 0.1) is 17.8 Å². The molecule has 0 radical (unpaired) electrons. The van der Waals surface area contributed by atoms with Gasteiger partial charge in [0.1, 0.15) is 5.52 Å². The van der Waals surface area contributed by atoms with Crippen molar-refractivity contribution in [3.63, 3.8) is 0 Å². The second kappa shape index (κ2) is 6.89. The van der Waals surface area contributed by atoms with Crippen LogP contribution in [0.15, 0.2) is 24.7 Å². The quantitative estimate of drug-likeness (QED) is 0.936. The normalized spacial score (nSPS) is 19.6. The third-order valence-electron chi connectivity index (χ3n) is 4.47. The molecule has 0 aromatic carbocycles. The number of fused-ring (bicyclic) bond motifs is 1. The number of amides is 1. The van der Waals surface area contributed by atoms with Gasteiger partial charge in [0.15, 0.2) is 5.65 Å². The highest BCUT2D eigenvalue weighted by Crippen LogP contribution is 2.24. The molecule has 1 saturated heterocycles. The van der Waals surface area contributed by atoms with Gasteiger partial charge in [0.25, 0.3) is 0 Å². The van der Waals surface area contributed by atoms with E-state index in [1.807, 2.05) is 19.2 Å². The number of anilines is 1. The number of hydrogen-bond acceptors (Lipinski definition) is 5. The minimum absolute atomic E-state index is 0.0373. The molecule has 0 saturated carbocycles. The van der Waals surface area contributed by atoms with Crippen molar-refractivity contribution in [3.8, 4) is 0 Å². The Morgan fingerprint density at radius 3 is 3.04 bits per heavy atom. The molecule has 2 aromatic heterocycles. The van der Waals surface area contributed by atoms with Crippen LogP contribution in [0, 0.1) is 5.92 Å². The summed E-state index contributed by atoms with van der Waals surface area (Å²) in [6.07, 6.45) is 8.05. The molecule has 1 fully saturated rings. The molecule has 0 aliphatic carbocycles. The lowest BCUT2D eigenvalue weighted by molar-refractivity contribution is -0.125. The molecular weight excluding hydrogens is 290 g/mol. The summed E-state index contributed by atoms with van der Waals surface area (Å²) in [5.41, 5.74) is 2.45. The molecule has 1 aliphatic heterocycles. The molecule has 3 rings (SSSR count). The van der Waals surface area contributed by atoms with Gasteiger partial charge in [0, 0.05) is 31.5 Å². The van der Waals surface area contributed by atoms with Crippen LogP contribution in [0.5, 0.6) is 0 Å². The molecule has 0 unspecified atom stereocenters. The lowest BCUT2D eigenvalue weighted by Crippen LogP contribution is -2.45. The van der Waals surface area contributed by atoms with Gasteiger partial charge < -0.3 is 10.2 Å². The summed E-state index contributed by atoms with van der Waals surface area (Å²) in [5.74, 6) is 0.202. The maximum atomic E-state index is 12.4. The average molecular weight is 313 g/mol. The number of rotatable bonds is 4. The summed E-state index contributed by atoms with van der Waals surface area (Å²) in [6.45, 7) is 5.81. The second-order valence-corrected chi connectivity index (χ2v) is 6.20. The number of nitrogens with zero attached hydrogens (tertiary/aromatic N) is 4. The van der Waals surface area contributed by atoms with Crippen LogP contribution >= 0.6 is 0 Å². The minimum atomic E-state index is 0.0373. The molecule has 6 heteroatoms. The molecule has 1 amide bonds. The fraction of sp³-hybridized carbons (Fsp3) is 0.529. The van der Waals surface area contributed by atoms with Crippen molar-refractivity contribution < 1.29 is 4.79 Å². The van der Waals surface area contributed by atoms with Gasteiger partial charge in [-0.1, -0.05) is 6.92 Å². The van der Waals surface area contributed by atoms with Crippen LogP contribution in [0.3, 0.4) is 0 Å². The van der Waals surface area contributed by atoms with E-state index in [-0.39, 0.29) is 17.9 Å². The van der Waals surface area contributed by atoms with Gasteiger partial charge in [-0.25, -0.2) is 9.97 Å². The smallest absolute Gasteiger partial charge is 0.225 e. The fourth-order valence-electron chi connectivity index (χ4n) is 2.91. The Morgan fingerprint density at radius 2 is 2.22 bits per heavy atom. The van der Waals surface area contributed by atoms with E-state index in [9.17, 15) is 4.79 Å². The van der Waals surface area contributed by atoms with Crippen molar-refractivity contribution in [1.29, 1.82) is 0 Å². The van der Waals surface area contributed by atoms with E-state index in [1.54, 1.807) is 12.4 Å². The van der Waals surface area contributed by atoms with Gasteiger partial charge in [0.2, 0.25) is 5.91 Å². The lowest BCUT2D eigenvalue weighted by atomic mass is 9.96. The molecule has 2 aromatic rings. The first-order chi connectivity index (χ1) is 11.2. The maximum absolute atomic E-state index is 12.4. The van der Waals surface area contributed by atoms with Gasteiger partial charge in [-0.3, -0.25) is 9.78 Å². The predicted molar refractivity (Wildman–Crippen MR) is 90.2 cm³/mol.